The van der Waals surface area contributed by atoms with E-state index in [9.17, 15) is 9.18 Å². The van der Waals surface area contributed by atoms with E-state index in [1.54, 1.807) is 6.07 Å². The lowest BCUT2D eigenvalue weighted by atomic mass is 10.1. The summed E-state index contributed by atoms with van der Waals surface area (Å²) in [5.41, 5.74) is 2.98. The summed E-state index contributed by atoms with van der Waals surface area (Å²) in [4.78, 5) is 12.5. The maximum atomic E-state index is 13.1. The maximum absolute atomic E-state index is 13.1. The topological polar surface area (TPSA) is 41.1 Å². The van der Waals surface area contributed by atoms with Crippen LogP contribution in [0.1, 0.15) is 22.8 Å². The normalized spacial score (nSPS) is 10.3. The van der Waals surface area contributed by atoms with E-state index in [0.717, 1.165) is 17.8 Å². The van der Waals surface area contributed by atoms with E-state index < -0.39 is 0 Å². The van der Waals surface area contributed by atoms with Gasteiger partial charge < -0.3 is 10.6 Å². The minimum absolute atomic E-state index is 0.209. The van der Waals surface area contributed by atoms with E-state index in [0.29, 0.717) is 14.8 Å². The van der Waals surface area contributed by atoms with E-state index in [4.69, 9.17) is 0 Å². The van der Waals surface area contributed by atoms with Gasteiger partial charge in [0.25, 0.3) is 5.91 Å². The molecule has 0 saturated carbocycles. The van der Waals surface area contributed by atoms with Crippen LogP contribution in [0.15, 0.2) is 36.4 Å². The van der Waals surface area contributed by atoms with Crippen LogP contribution in [0, 0.1) is 16.3 Å². The number of carbonyl (C=O) groups excluding carboxylic acids is 1. The van der Waals surface area contributed by atoms with Gasteiger partial charge in [-0.25, -0.2) is 4.39 Å². The highest BCUT2D eigenvalue weighted by atomic mass is 127. The van der Waals surface area contributed by atoms with Gasteiger partial charge in [-0.05, 0) is 66.8 Å². The van der Waals surface area contributed by atoms with Crippen LogP contribution in [0.2, 0.25) is 0 Å². The first kappa shape index (κ1) is 15.8. The molecule has 2 aromatic rings. The summed E-state index contributed by atoms with van der Waals surface area (Å²) in [6.45, 7) is 4.65. The number of carbonyl (C=O) groups is 1. The predicted octanol–water partition coefficient (Wildman–Crippen LogP) is 4.42. The largest absolute Gasteiger partial charge is 0.385 e. The number of aryl methyl sites for hydroxylation is 1. The first-order valence-corrected chi connectivity index (χ1v) is 7.70. The second kappa shape index (κ2) is 6.89. The fourth-order valence-corrected chi connectivity index (χ4v) is 2.58. The molecule has 1 amide bonds. The molecule has 0 aromatic heterocycles. The summed E-state index contributed by atoms with van der Waals surface area (Å²) >= 11 is 2.00. The first-order valence-electron chi connectivity index (χ1n) is 6.62. The van der Waals surface area contributed by atoms with E-state index in [-0.39, 0.29) is 11.7 Å². The summed E-state index contributed by atoms with van der Waals surface area (Å²) in [7, 11) is 0. The Hall–Kier alpha value is -1.63. The Balaban J connectivity index is 2.29. The van der Waals surface area contributed by atoms with Gasteiger partial charge in [-0.3, -0.25) is 4.79 Å². The quantitative estimate of drug-likeness (QED) is 0.749. The highest BCUT2D eigenvalue weighted by molar-refractivity contribution is 14.1. The predicted molar refractivity (Wildman–Crippen MR) is 92.4 cm³/mol. The molecule has 0 heterocycles. The van der Waals surface area contributed by atoms with Gasteiger partial charge in [-0.2, -0.15) is 0 Å². The van der Waals surface area contributed by atoms with Gasteiger partial charge in [0.2, 0.25) is 0 Å². The van der Waals surface area contributed by atoms with Gasteiger partial charge in [0.15, 0.2) is 0 Å². The van der Waals surface area contributed by atoms with Crippen molar-refractivity contribution in [3.63, 3.8) is 0 Å². The minimum Gasteiger partial charge on any atom is -0.385 e. The maximum Gasteiger partial charge on any atom is 0.257 e. The van der Waals surface area contributed by atoms with Crippen LogP contribution in [-0.2, 0) is 0 Å². The number of benzene rings is 2. The Morgan fingerprint density at radius 3 is 2.57 bits per heavy atom. The molecule has 3 nitrogen and oxygen atoms in total. The molecule has 0 saturated heterocycles. The zero-order valence-electron chi connectivity index (χ0n) is 11.8. The summed E-state index contributed by atoms with van der Waals surface area (Å²) in [5.74, 6) is -0.527. The van der Waals surface area contributed by atoms with Crippen LogP contribution in [-0.4, -0.2) is 12.5 Å². The molecule has 0 spiro atoms. The second-order valence-corrected chi connectivity index (χ2v) is 5.82. The monoisotopic (exact) mass is 398 g/mol. The molecule has 21 heavy (non-hydrogen) atoms. The van der Waals surface area contributed by atoms with Crippen molar-refractivity contribution in [3.8, 4) is 0 Å². The fourth-order valence-electron chi connectivity index (χ4n) is 1.97. The minimum atomic E-state index is -0.318. The van der Waals surface area contributed by atoms with Crippen LogP contribution >= 0.6 is 22.6 Å². The van der Waals surface area contributed by atoms with Gasteiger partial charge in [0.1, 0.15) is 5.82 Å². The smallest absolute Gasteiger partial charge is 0.257 e. The zero-order valence-corrected chi connectivity index (χ0v) is 14.0. The molecule has 2 rings (SSSR count). The molecular weight excluding hydrogens is 382 g/mol. The molecule has 110 valence electrons. The Morgan fingerprint density at radius 1 is 1.19 bits per heavy atom. The molecule has 0 atom stereocenters. The Bertz CT molecular complexity index is 673. The fraction of sp³-hybridized carbons (Fsp3) is 0.188. The Labute approximate surface area is 137 Å². The number of hydrogen-bond acceptors (Lipinski definition) is 2. The number of hydrogen-bond donors (Lipinski definition) is 2. The van der Waals surface area contributed by atoms with Crippen molar-refractivity contribution >= 4 is 39.9 Å². The summed E-state index contributed by atoms with van der Waals surface area (Å²) in [6, 6.07) is 9.97. The number of halogens is 2. The van der Waals surface area contributed by atoms with Crippen molar-refractivity contribution in [2.24, 2.45) is 0 Å². The SMILES string of the molecule is CCNc1ccc(C)cc1C(=O)Nc1ccc(F)cc1I. The Kier molecular flexibility index (Phi) is 5.17. The lowest BCUT2D eigenvalue weighted by Gasteiger charge is -2.13. The summed E-state index contributed by atoms with van der Waals surface area (Å²) in [6.07, 6.45) is 0. The van der Waals surface area contributed by atoms with E-state index in [1.165, 1.54) is 12.1 Å². The molecular formula is C16H16FIN2O. The molecule has 0 bridgehead atoms. The van der Waals surface area contributed by atoms with Crippen molar-refractivity contribution in [1.29, 1.82) is 0 Å². The standard InChI is InChI=1S/C16H16FIN2O/c1-3-19-14-6-4-10(2)8-12(14)16(21)20-15-7-5-11(17)9-13(15)18/h4-9,19H,3H2,1-2H3,(H,20,21). The number of rotatable bonds is 4. The second-order valence-electron chi connectivity index (χ2n) is 4.66. The lowest BCUT2D eigenvalue weighted by Crippen LogP contribution is -2.15. The molecule has 0 aliphatic heterocycles. The van der Waals surface area contributed by atoms with Crippen molar-refractivity contribution in [2.75, 3.05) is 17.2 Å². The molecule has 2 N–H and O–H groups in total. The first-order chi connectivity index (χ1) is 10.0. The van der Waals surface area contributed by atoms with Gasteiger partial charge in [0, 0.05) is 15.8 Å². The van der Waals surface area contributed by atoms with Gasteiger partial charge in [-0.1, -0.05) is 11.6 Å². The molecule has 2 aromatic carbocycles. The van der Waals surface area contributed by atoms with E-state index in [1.807, 2.05) is 54.6 Å². The summed E-state index contributed by atoms with van der Waals surface area (Å²) in [5, 5.41) is 6.00. The molecule has 0 aliphatic carbocycles. The third-order valence-electron chi connectivity index (χ3n) is 2.97. The third-order valence-corrected chi connectivity index (χ3v) is 3.86. The van der Waals surface area contributed by atoms with Crippen molar-refractivity contribution in [3.05, 3.63) is 56.9 Å². The zero-order chi connectivity index (χ0) is 15.4. The highest BCUT2D eigenvalue weighted by Gasteiger charge is 2.13. The van der Waals surface area contributed by atoms with Crippen LogP contribution in [0.5, 0.6) is 0 Å². The van der Waals surface area contributed by atoms with Crippen molar-refractivity contribution in [2.45, 2.75) is 13.8 Å². The average Bonchev–Trinajstić information content (AvgIpc) is 2.44. The van der Waals surface area contributed by atoms with Gasteiger partial charge >= 0.3 is 0 Å². The lowest BCUT2D eigenvalue weighted by molar-refractivity contribution is 0.102. The number of anilines is 2. The summed E-state index contributed by atoms with van der Waals surface area (Å²) < 4.78 is 13.8. The highest BCUT2D eigenvalue weighted by Crippen LogP contribution is 2.22. The number of nitrogens with one attached hydrogen (secondary N) is 2. The number of amides is 1. The van der Waals surface area contributed by atoms with Crippen LogP contribution in [0.4, 0.5) is 15.8 Å². The van der Waals surface area contributed by atoms with Crippen LogP contribution < -0.4 is 10.6 Å². The molecule has 0 radical (unpaired) electrons. The van der Waals surface area contributed by atoms with E-state index in [2.05, 4.69) is 10.6 Å². The molecule has 0 aliphatic rings. The molecule has 0 fully saturated rings. The third kappa shape index (κ3) is 3.93. The molecule has 5 heteroatoms. The van der Waals surface area contributed by atoms with Gasteiger partial charge in [0.05, 0.1) is 11.3 Å². The van der Waals surface area contributed by atoms with Crippen molar-refractivity contribution in [1.82, 2.24) is 0 Å². The van der Waals surface area contributed by atoms with E-state index >= 15 is 0 Å². The van der Waals surface area contributed by atoms with Crippen LogP contribution in [0.3, 0.4) is 0 Å². The van der Waals surface area contributed by atoms with Gasteiger partial charge in [-0.15, -0.1) is 0 Å². The van der Waals surface area contributed by atoms with Crippen molar-refractivity contribution < 1.29 is 9.18 Å². The van der Waals surface area contributed by atoms with Crippen LogP contribution in [0.25, 0.3) is 0 Å². The molecule has 0 unspecified atom stereocenters. The average molecular weight is 398 g/mol. The Morgan fingerprint density at radius 2 is 1.90 bits per heavy atom.